The summed E-state index contributed by atoms with van der Waals surface area (Å²) in [6.07, 6.45) is 3.57. The highest BCUT2D eigenvalue weighted by atomic mass is 79.9. The predicted molar refractivity (Wildman–Crippen MR) is 265 cm³/mol. The van der Waals surface area contributed by atoms with Gasteiger partial charge in [-0.15, -0.1) is 0 Å². The molecule has 17 heteroatoms. The van der Waals surface area contributed by atoms with Crippen molar-refractivity contribution in [3.63, 3.8) is 0 Å². The van der Waals surface area contributed by atoms with Crippen LogP contribution in [0.2, 0.25) is 5.02 Å². The number of rotatable bonds is 18. The number of hydrogen-bond acceptors (Lipinski definition) is 12. The van der Waals surface area contributed by atoms with Gasteiger partial charge in [0.2, 0.25) is 0 Å². The minimum atomic E-state index is -1.26. The number of β-amino-alcohol motifs (C(OH)–C–C–N with tert-alkyl or cyclic N) is 2. The summed E-state index contributed by atoms with van der Waals surface area (Å²) in [7, 11) is 0. The van der Waals surface area contributed by atoms with E-state index in [9.17, 15) is 24.6 Å². The summed E-state index contributed by atoms with van der Waals surface area (Å²) in [5.74, 6) is -0.607. The Morgan fingerprint density at radius 3 is 2.16 bits per heavy atom. The molecule has 2 N–H and O–H groups in total. The first-order valence-electron chi connectivity index (χ1n) is 23.5. The van der Waals surface area contributed by atoms with Gasteiger partial charge in [-0.05, 0) is 134 Å². The van der Waals surface area contributed by atoms with Crippen molar-refractivity contribution in [2.45, 2.75) is 143 Å². The van der Waals surface area contributed by atoms with Crippen molar-refractivity contribution in [2.24, 2.45) is 0 Å². The molecule has 0 spiro atoms. The number of aryl methyl sites for hydroxylation is 1. The van der Waals surface area contributed by atoms with Gasteiger partial charge in [-0.1, -0.05) is 41.9 Å². The molecule has 2 fully saturated rings. The minimum absolute atomic E-state index is 0.0930. The lowest BCUT2D eigenvalue weighted by Crippen LogP contribution is -2.51. The van der Waals surface area contributed by atoms with E-state index in [-0.39, 0.29) is 61.4 Å². The zero-order chi connectivity index (χ0) is 49.6. The molecule has 2 saturated heterocycles. The van der Waals surface area contributed by atoms with Gasteiger partial charge in [0.05, 0.1) is 47.7 Å². The first-order valence-corrected chi connectivity index (χ1v) is 24.6. The molecule has 68 heavy (non-hydrogen) atoms. The maximum Gasteiger partial charge on any atom is 0.411 e. The van der Waals surface area contributed by atoms with E-state index >= 15 is 0 Å². The summed E-state index contributed by atoms with van der Waals surface area (Å²) in [6.45, 7) is 19.2. The third kappa shape index (κ3) is 14.8. The van der Waals surface area contributed by atoms with E-state index in [4.69, 9.17) is 40.4 Å². The Labute approximate surface area is 414 Å². The molecule has 0 bridgehead atoms. The van der Waals surface area contributed by atoms with Crippen LogP contribution in [0, 0.1) is 0 Å². The van der Waals surface area contributed by atoms with Crippen molar-refractivity contribution in [2.75, 3.05) is 45.9 Å². The summed E-state index contributed by atoms with van der Waals surface area (Å²) in [5, 5.41) is 26.0. The van der Waals surface area contributed by atoms with Gasteiger partial charge in [-0.2, -0.15) is 5.10 Å². The van der Waals surface area contributed by atoms with Gasteiger partial charge in [0.25, 0.3) is 5.91 Å². The Hall–Kier alpha value is -4.45. The largest absolute Gasteiger partial charge is 0.487 e. The summed E-state index contributed by atoms with van der Waals surface area (Å²) in [4.78, 5) is 46.6. The molecule has 2 aliphatic rings. The minimum Gasteiger partial charge on any atom is -0.487 e. The van der Waals surface area contributed by atoms with E-state index in [2.05, 4.69) is 37.6 Å². The first kappa shape index (κ1) is 52.9. The second-order valence-electron chi connectivity index (χ2n) is 20.7. The summed E-state index contributed by atoms with van der Waals surface area (Å²) < 4.78 is 33.4. The van der Waals surface area contributed by atoms with Gasteiger partial charge in [-0.25, -0.2) is 9.59 Å². The van der Waals surface area contributed by atoms with Crippen LogP contribution in [-0.4, -0.2) is 134 Å². The number of benzene rings is 3. The molecule has 2 amide bonds. The van der Waals surface area contributed by atoms with E-state index in [0.29, 0.717) is 18.5 Å². The van der Waals surface area contributed by atoms with E-state index in [1.807, 2.05) is 51.2 Å². The molecule has 3 heterocycles. The van der Waals surface area contributed by atoms with Crippen molar-refractivity contribution >= 4 is 56.4 Å². The highest BCUT2D eigenvalue weighted by Crippen LogP contribution is 2.39. The van der Waals surface area contributed by atoms with Gasteiger partial charge in [0.1, 0.15) is 29.3 Å². The van der Waals surface area contributed by atoms with Crippen LogP contribution in [0.1, 0.15) is 99.1 Å². The van der Waals surface area contributed by atoms with Crippen LogP contribution in [0.4, 0.5) is 4.79 Å². The fourth-order valence-electron chi connectivity index (χ4n) is 8.12. The molecule has 3 atom stereocenters. The van der Waals surface area contributed by atoms with Crippen LogP contribution in [0.15, 0.2) is 59.2 Å². The maximum atomic E-state index is 14.2. The van der Waals surface area contributed by atoms with Gasteiger partial charge >= 0.3 is 12.1 Å². The number of aliphatic hydroxyl groups excluding tert-OH is 2. The number of nitrogens with zero attached hydrogens (tertiary/aromatic N) is 5. The lowest BCUT2D eigenvalue weighted by molar-refractivity contribution is -0.166. The molecule has 15 nitrogen and oxygen atoms in total. The number of esters is 1. The van der Waals surface area contributed by atoms with E-state index in [1.165, 1.54) is 9.80 Å². The Morgan fingerprint density at radius 2 is 1.50 bits per heavy atom. The van der Waals surface area contributed by atoms with Crippen LogP contribution < -0.4 is 9.47 Å². The number of likely N-dealkylation sites (tertiary alicyclic amines) is 2. The number of unbranched alkanes of at least 4 members (excludes halogenated alkanes) is 1. The molecule has 1 aromatic heterocycles. The highest BCUT2D eigenvalue weighted by Gasteiger charge is 2.38. The van der Waals surface area contributed by atoms with Crippen LogP contribution >= 0.6 is 27.5 Å². The summed E-state index contributed by atoms with van der Waals surface area (Å²) in [5.41, 5.74) is 1.70. The monoisotopic (exact) mass is 1030 g/mol. The molecule has 0 radical (unpaired) electrons. The van der Waals surface area contributed by atoms with Crippen molar-refractivity contribution in [3.05, 3.63) is 75.4 Å². The Balaban J connectivity index is 1.28. The average molecular weight is 1030 g/mol. The van der Waals surface area contributed by atoms with Crippen molar-refractivity contribution < 1.29 is 48.3 Å². The predicted octanol–water partition coefficient (Wildman–Crippen LogP) is 8.78. The fraction of sp³-hybridized carbons (Fsp3) is 0.569. The molecule has 6 rings (SSSR count). The third-order valence-electron chi connectivity index (χ3n) is 11.5. The standard InChI is InChI=1S/C51H69BrClN5O10/c1-49(2,3)66-31-42(47(62)67-50(4,5)6)57(48(63)68-51(7,8)9)27-34-24-40(53)44(25-43(34)65-32-45(61)56-23-19-36(60)29-56)64-30-33-14-12-16-38(46(33)52)37-15-13-17-41-39(37)26-54-58(41)21-11-10-20-55-22-18-35(59)28-55/h12-17,24-26,35-36,42,59-60H,10-11,18-23,27-32H2,1-9H3/t35-,36-,42+/m1/s1. The number of halogens is 2. The fourth-order valence-corrected chi connectivity index (χ4v) is 8.95. The molecule has 372 valence electrons. The molecule has 0 unspecified atom stereocenters. The van der Waals surface area contributed by atoms with Crippen LogP contribution in [0.25, 0.3) is 22.0 Å². The number of hydrogen-bond donors (Lipinski definition) is 2. The van der Waals surface area contributed by atoms with Crippen LogP contribution in [-0.2, 0) is 43.5 Å². The first-order chi connectivity index (χ1) is 31.9. The summed E-state index contributed by atoms with van der Waals surface area (Å²) in [6, 6.07) is 14.1. The molecule has 0 saturated carbocycles. The zero-order valence-electron chi connectivity index (χ0n) is 41.0. The number of amides is 2. The Kier molecular flexibility index (Phi) is 17.5. The zero-order valence-corrected chi connectivity index (χ0v) is 43.3. The Morgan fingerprint density at radius 1 is 0.824 bits per heavy atom. The molecular formula is C51H69BrClN5O10. The topological polar surface area (TPSA) is 165 Å². The number of carbonyl (C=O) groups excluding carboxylic acids is 3. The van der Waals surface area contributed by atoms with E-state index < -0.39 is 41.0 Å². The summed E-state index contributed by atoms with van der Waals surface area (Å²) >= 11 is 10.9. The molecule has 3 aromatic carbocycles. The lowest BCUT2D eigenvalue weighted by atomic mass is 10.00. The number of aliphatic hydroxyl groups is 2. The lowest BCUT2D eigenvalue weighted by Gasteiger charge is -2.35. The van der Waals surface area contributed by atoms with Crippen molar-refractivity contribution in [1.29, 1.82) is 0 Å². The van der Waals surface area contributed by atoms with Gasteiger partial charge < -0.3 is 43.7 Å². The highest BCUT2D eigenvalue weighted by molar-refractivity contribution is 9.10. The quantitative estimate of drug-likeness (QED) is 0.0720. The van der Waals surface area contributed by atoms with Crippen molar-refractivity contribution in [3.8, 4) is 22.6 Å². The SMILES string of the molecule is CC(C)(C)OC[C@@H](C(=O)OC(C)(C)C)N(Cc1cc(Cl)c(OCc2cccc(-c3cccc4c3cnn4CCCCN3CC[C@@H](O)C3)c2Br)cc1OCC(=O)N1CC[C@@H](O)C1)C(=O)OC(C)(C)C. The van der Waals surface area contributed by atoms with E-state index in [0.717, 1.165) is 77.5 Å². The van der Waals surface area contributed by atoms with Gasteiger partial charge in [0, 0.05) is 59.8 Å². The van der Waals surface area contributed by atoms with Crippen molar-refractivity contribution in [1.82, 2.24) is 24.5 Å². The van der Waals surface area contributed by atoms with Crippen LogP contribution in [0.5, 0.6) is 11.5 Å². The van der Waals surface area contributed by atoms with Gasteiger partial charge in [-0.3, -0.25) is 14.4 Å². The number of carbonyl (C=O) groups is 3. The normalized spacial score (nSPS) is 17.4. The number of aromatic nitrogens is 2. The molecule has 0 aliphatic carbocycles. The smallest absolute Gasteiger partial charge is 0.411 e. The van der Waals surface area contributed by atoms with Gasteiger partial charge in [0.15, 0.2) is 12.6 Å². The van der Waals surface area contributed by atoms with Crippen LogP contribution in [0.3, 0.4) is 0 Å². The second kappa shape index (κ2) is 22.5. The molecular weight excluding hydrogens is 958 g/mol. The van der Waals surface area contributed by atoms with E-state index in [1.54, 1.807) is 53.7 Å². The Bertz CT molecular complexity index is 2390. The molecule has 2 aliphatic heterocycles. The number of ether oxygens (including phenoxy) is 5. The number of fused-ring (bicyclic) bond motifs is 1. The second-order valence-corrected chi connectivity index (χ2v) is 21.9. The average Bonchev–Trinajstić information content (AvgIpc) is 3.99. The molecule has 4 aromatic rings. The maximum absolute atomic E-state index is 14.2. The third-order valence-corrected chi connectivity index (χ3v) is 12.7.